The van der Waals surface area contributed by atoms with Crippen LogP contribution in [0.4, 0.5) is 0 Å². The topological polar surface area (TPSA) is 57.4 Å². The summed E-state index contributed by atoms with van der Waals surface area (Å²) >= 11 is 0. The first-order valence-electron chi connectivity index (χ1n) is 12.1. The molecule has 0 unspecified atom stereocenters. The smallest absolute Gasteiger partial charge is 0.109 e. The molecule has 4 aromatic carbocycles. The van der Waals surface area contributed by atoms with Gasteiger partial charge in [0.25, 0.3) is 0 Å². The largest absolute Gasteiger partial charge is 0.346 e. The lowest BCUT2D eigenvalue weighted by molar-refractivity contribution is 0.799. The van der Waals surface area contributed by atoms with E-state index in [2.05, 4.69) is 84.5 Å². The normalized spacial score (nSPS) is 13.2. The molecule has 0 saturated heterocycles. The van der Waals surface area contributed by atoms with E-state index in [0.717, 1.165) is 41.2 Å². The number of aromatic amines is 2. The van der Waals surface area contributed by atoms with Crippen LogP contribution < -0.4 is 0 Å². The van der Waals surface area contributed by atoms with Gasteiger partial charge in [0.05, 0.1) is 16.7 Å². The Labute approximate surface area is 198 Å². The first-order valence-corrected chi connectivity index (χ1v) is 12.1. The van der Waals surface area contributed by atoms with Crippen molar-refractivity contribution in [2.75, 3.05) is 0 Å². The highest BCUT2D eigenvalue weighted by Gasteiger charge is 2.21. The van der Waals surface area contributed by atoms with Crippen LogP contribution in [0.2, 0.25) is 0 Å². The quantitative estimate of drug-likeness (QED) is 0.292. The molecule has 0 aliphatic heterocycles. The maximum atomic E-state index is 4.88. The molecule has 7 rings (SSSR count). The number of benzene rings is 4. The molecule has 0 bridgehead atoms. The van der Waals surface area contributed by atoms with Crippen LogP contribution in [0.3, 0.4) is 0 Å². The molecule has 34 heavy (non-hydrogen) atoms. The van der Waals surface area contributed by atoms with Gasteiger partial charge >= 0.3 is 0 Å². The molecule has 1 aliphatic carbocycles. The van der Waals surface area contributed by atoms with Gasteiger partial charge in [-0.25, -0.2) is 9.97 Å². The average Bonchev–Trinajstić information content (AvgIpc) is 3.46. The number of hydrogen-bond acceptors (Lipinski definition) is 2. The van der Waals surface area contributed by atoms with Gasteiger partial charge in [-0.1, -0.05) is 56.3 Å². The molecule has 2 heterocycles. The fourth-order valence-corrected chi connectivity index (χ4v) is 5.53. The van der Waals surface area contributed by atoms with Crippen molar-refractivity contribution in [2.45, 2.75) is 39.5 Å². The van der Waals surface area contributed by atoms with Gasteiger partial charge < -0.3 is 9.97 Å². The molecule has 0 atom stereocenters. The lowest BCUT2D eigenvalue weighted by Gasteiger charge is -2.18. The molecule has 0 amide bonds. The maximum Gasteiger partial charge on any atom is 0.109 e. The molecule has 0 spiro atoms. The molecule has 0 radical (unpaired) electrons. The van der Waals surface area contributed by atoms with Gasteiger partial charge in [-0.15, -0.1) is 0 Å². The standard InChI is InChI=1S/C30H26N4/c1-16(2)30-33-27-12-7-21-15-19(5-9-23(21)28(27)34-30)18-4-8-22-20(14-18)6-10-25-24(22)11-13-26-29(25)32-17(3)31-26/h4-10,12,14-16H,11,13H2,1-3H3,(H,31,32)(H,33,34). The number of imidazole rings is 2. The summed E-state index contributed by atoms with van der Waals surface area (Å²) in [4.78, 5) is 16.5. The summed E-state index contributed by atoms with van der Waals surface area (Å²) in [6.45, 7) is 6.38. The highest BCUT2D eigenvalue weighted by molar-refractivity contribution is 6.05. The molecular formula is C30H26N4. The molecule has 2 N–H and O–H groups in total. The highest BCUT2D eigenvalue weighted by Crippen LogP contribution is 2.38. The van der Waals surface area contributed by atoms with E-state index in [9.17, 15) is 0 Å². The number of aromatic nitrogens is 4. The Bertz CT molecular complexity index is 1750. The van der Waals surface area contributed by atoms with Crippen molar-refractivity contribution in [2.24, 2.45) is 0 Å². The number of rotatable bonds is 2. The fourth-order valence-electron chi connectivity index (χ4n) is 5.53. The van der Waals surface area contributed by atoms with Gasteiger partial charge in [-0.05, 0) is 70.8 Å². The van der Waals surface area contributed by atoms with Crippen molar-refractivity contribution in [3.05, 3.63) is 83.6 Å². The van der Waals surface area contributed by atoms with Crippen molar-refractivity contribution >= 4 is 32.6 Å². The summed E-state index contributed by atoms with van der Waals surface area (Å²) in [5.74, 6) is 2.42. The Morgan fingerprint density at radius 1 is 0.765 bits per heavy atom. The SMILES string of the molecule is Cc1nc2c([nH]1)CCc1c-2ccc2cc(-c3ccc4c(ccc5[nH]c(C(C)C)nc54)c3)ccc12. The maximum absolute atomic E-state index is 4.88. The first kappa shape index (κ1) is 19.5. The lowest BCUT2D eigenvalue weighted by atomic mass is 9.87. The predicted molar refractivity (Wildman–Crippen MR) is 140 cm³/mol. The van der Waals surface area contributed by atoms with E-state index in [0.29, 0.717) is 5.92 Å². The van der Waals surface area contributed by atoms with Crippen LogP contribution >= 0.6 is 0 Å². The van der Waals surface area contributed by atoms with Crippen LogP contribution in [0.5, 0.6) is 0 Å². The number of fused-ring (bicyclic) bond motifs is 8. The molecule has 4 heteroatoms. The number of nitrogens with one attached hydrogen (secondary N) is 2. The van der Waals surface area contributed by atoms with E-state index >= 15 is 0 Å². The van der Waals surface area contributed by atoms with Crippen molar-refractivity contribution in [1.29, 1.82) is 0 Å². The van der Waals surface area contributed by atoms with Gasteiger partial charge in [0.1, 0.15) is 11.6 Å². The van der Waals surface area contributed by atoms with Gasteiger partial charge in [0.15, 0.2) is 0 Å². The van der Waals surface area contributed by atoms with Gasteiger partial charge in [-0.3, -0.25) is 0 Å². The Hall–Kier alpha value is -3.92. The number of aryl methyl sites for hydroxylation is 3. The highest BCUT2D eigenvalue weighted by atomic mass is 14.9. The Morgan fingerprint density at radius 2 is 1.50 bits per heavy atom. The summed E-state index contributed by atoms with van der Waals surface area (Å²) in [5.41, 5.74) is 9.74. The molecule has 2 aromatic heterocycles. The number of nitrogens with zero attached hydrogens (tertiary/aromatic N) is 2. The van der Waals surface area contributed by atoms with E-state index in [1.807, 2.05) is 6.92 Å². The van der Waals surface area contributed by atoms with Crippen LogP contribution in [-0.4, -0.2) is 19.9 Å². The second-order valence-corrected chi connectivity index (χ2v) is 9.85. The third-order valence-electron chi connectivity index (χ3n) is 7.28. The van der Waals surface area contributed by atoms with Crippen LogP contribution in [0.1, 0.15) is 42.7 Å². The van der Waals surface area contributed by atoms with Crippen molar-refractivity contribution in [1.82, 2.24) is 19.9 Å². The fraction of sp³-hybridized carbons (Fsp3) is 0.200. The van der Waals surface area contributed by atoms with E-state index in [-0.39, 0.29) is 0 Å². The van der Waals surface area contributed by atoms with Gasteiger partial charge in [0, 0.05) is 22.6 Å². The van der Waals surface area contributed by atoms with Crippen LogP contribution in [0.25, 0.3) is 55.0 Å². The average molecular weight is 443 g/mol. The second-order valence-electron chi connectivity index (χ2n) is 9.85. The lowest BCUT2D eigenvalue weighted by Crippen LogP contribution is -2.04. The molecule has 0 saturated carbocycles. The second kappa shape index (κ2) is 7.04. The third kappa shape index (κ3) is 2.84. The van der Waals surface area contributed by atoms with Crippen molar-refractivity contribution in [3.8, 4) is 22.4 Å². The van der Waals surface area contributed by atoms with Gasteiger partial charge in [-0.2, -0.15) is 0 Å². The Kier molecular flexibility index (Phi) is 4.04. The van der Waals surface area contributed by atoms with Crippen LogP contribution in [0, 0.1) is 6.92 Å². The third-order valence-corrected chi connectivity index (χ3v) is 7.28. The molecular weight excluding hydrogens is 416 g/mol. The minimum absolute atomic E-state index is 0.383. The van der Waals surface area contributed by atoms with E-state index in [4.69, 9.17) is 9.97 Å². The minimum atomic E-state index is 0.383. The molecule has 4 nitrogen and oxygen atoms in total. The molecule has 0 fully saturated rings. The monoisotopic (exact) mass is 442 g/mol. The summed E-state index contributed by atoms with van der Waals surface area (Å²) in [5, 5.41) is 5.05. The zero-order valence-corrected chi connectivity index (χ0v) is 19.7. The number of hydrogen-bond donors (Lipinski definition) is 2. The summed E-state index contributed by atoms with van der Waals surface area (Å²) in [6, 6.07) is 22.5. The minimum Gasteiger partial charge on any atom is -0.346 e. The molecule has 166 valence electrons. The first-order chi connectivity index (χ1) is 16.5. The van der Waals surface area contributed by atoms with Crippen LogP contribution in [0.15, 0.2) is 60.7 Å². The predicted octanol–water partition coefficient (Wildman–Crippen LogP) is 7.46. The van der Waals surface area contributed by atoms with E-state index < -0.39 is 0 Å². The van der Waals surface area contributed by atoms with Gasteiger partial charge in [0.2, 0.25) is 0 Å². The summed E-state index contributed by atoms with van der Waals surface area (Å²) in [6.07, 6.45) is 2.07. The molecule has 1 aliphatic rings. The Balaban J connectivity index is 1.33. The summed E-state index contributed by atoms with van der Waals surface area (Å²) < 4.78 is 0. The van der Waals surface area contributed by atoms with E-state index in [1.165, 1.54) is 49.5 Å². The molecule has 6 aromatic rings. The zero-order valence-electron chi connectivity index (χ0n) is 19.7. The van der Waals surface area contributed by atoms with Crippen LogP contribution in [-0.2, 0) is 12.8 Å². The Morgan fingerprint density at radius 3 is 2.29 bits per heavy atom. The van der Waals surface area contributed by atoms with E-state index in [1.54, 1.807) is 0 Å². The van der Waals surface area contributed by atoms with Crippen molar-refractivity contribution < 1.29 is 0 Å². The number of H-pyrrole nitrogens is 2. The zero-order chi connectivity index (χ0) is 23.0. The summed E-state index contributed by atoms with van der Waals surface area (Å²) in [7, 11) is 0. The van der Waals surface area contributed by atoms with Crippen molar-refractivity contribution in [3.63, 3.8) is 0 Å².